The van der Waals surface area contributed by atoms with E-state index in [-0.39, 0.29) is 5.69 Å². The smallest absolute Gasteiger partial charge is 0.356 e. The van der Waals surface area contributed by atoms with Gasteiger partial charge < -0.3 is 10.3 Å². The second-order valence-corrected chi connectivity index (χ2v) is 3.31. The Kier molecular flexibility index (Phi) is 2.11. The first-order valence-corrected chi connectivity index (χ1v) is 4.71. The van der Waals surface area contributed by atoms with Gasteiger partial charge in [-0.1, -0.05) is 25.1 Å². The molecule has 0 unspecified atom stereocenters. The normalized spacial score (nSPS) is 10.7. The Morgan fingerprint density at radius 3 is 2.67 bits per heavy atom. The van der Waals surface area contributed by atoms with Gasteiger partial charge in [0.15, 0.2) is 5.69 Å². The molecule has 0 amide bonds. The summed E-state index contributed by atoms with van der Waals surface area (Å²) in [5.74, 6) is -1.11. The summed E-state index contributed by atoms with van der Waals surface area (Å²) < 4.78 is 0.747. The molecule has 0 saturated carbocycles. The predicted molar refractivity (Wildman–Crippen MR) is 55.5 cm³/mol. The van der Waals surface area contributed by atoms with Gasteiger partial charge in [-0.05, 0) is 18.1 Å². The molecule has 0 saturated heterocycles. The molecule has 1 aromatic carbocycles. The monoisotopic (exact) mass is 205 g/mol. The Morgan fingerprint density at radius 1 is 1.40 bits per heavy atom. The van der Waals surface area contributed by atoms with Crippen LogP contribution in [0.5, 0.6) is 0 Å². The fraction of sp³-hybridized carbons (Fsp3) is 0.182. The summed E-state index contributed by atoms with van der Waals surface area (Å²) in [4.78, 5) is 11.0. The summed E-state index contributed by atoms with van der Waals surface area (Å²) in [5.41, 5.74) is 1.16. The van der Waals surface area contributed by atoms with E-state index < -0.39 is 5.97 Å². The Balaban J connectivity index is 2.90. The van der Waals surface area contributed by atoms with Gasteiger partial charge in [0.1, 0.15) is 0 Å². The lowest BCUT2D eigenvalue weighted by Gasteiger charge is -1.98. The molecule has 0 aliphatic carbocycles. The third kappa shape index (κ3) is 1.26. The van der Waals surface area contributed by atoms with Crippen LogP contribution in [-0.2, 0) is 6.42 Å². The molecule has 0 bridgehead atoms. The molecule has 0 fully saturated rings. The zero-order valence-corrected chi connectivity index (χ0v) is 8.27. The number of hydrogen-bond donors (Lipinski definition) is 2. The summed E-state index contributed by atoms with van der Waals surface area (Å²) in [6.45, 7) is 1.87. The van der Waals surface area contributed by atoms with Crippen molar-refractivity contribution in [1.82, 2.24) is 4.73 Å². The van der Waals surface area contributed by atoms with Gasteiger partial charge in [-0.25, -0.2) is 4.79 Å². The maximum atomic E-state index is 11.0. The minimum atomic E-state index is -1.11. The highest BCUT2D eigenvalue weighted by molar-refractivity contribution is 5.97. The summed E-state index contributed by atoms with van der Waals surface area (Å²) >= 11 is 0. The van der Waals surface area contributed by atoms with Crippen LogP contribution in [0.3, 0.4) is 0 Å². The summed E-state index contributed by atoms with van der Waals surface area (Å²) in [6.07, 6.45) is 0.579. The number of aryl methyl sites for hydroxylation is 1. The molecule has 15 heavy (non-hydrogen) atoms. The molecule has 2 aromatic rings. The molecule has 0 spiro atoms. The van der Waals surface area contributed by atoms with Crippen molar-refractivity contribution in [3.05, 3.63) is 35.5 Å². The zero-order chi connectivity index (χ0) is 11.0. The number of aromatic nitrogens is 1. The van der Waals surface area contributed by atoms with Crippen molar-refractivity contribution in [2.24, 2.45) is 0 Å². The highest BCUT2D eigenvalue weighted by atomic mass is 16.5. The number of fused-ring (bicyclic) bond motifs is 1. The fourth-order valence-corrected chi connectivity index (χ4v) is 1.87. The minimum Gasteiger partial charge on any atom is -0.476 e. The SMILES string of the molecule is CCc1c(C(=O)O)n(O)c2ccccc12. The number of aromatic carboxylic acids is 1. The zero-order valence-electron chi connectivity index (χ0n) is 8.27. The van der Waals surface area contributed by atoms with Gasteiger partial charge in [0.25, 0.3) is 0 Å². The van der Waals surface area contributed by atoms with Crippen molar-refractivity contribution in [3.63, 3.8) is 0 Å². The Morgan fingerprint density at radius 2 is 2.07 bits per heavy atom. The van der Waals surface area contributed by atoms with Crippen molar-refractivity contribution in [2.45, 2.75) is 13.3 Å². The summed E-state index contributed by atoms with van der Waals surface area (Å²) in [6, 6.07) is 7.10. The quantitative estimate of drug-likeness (QED) is 0.738. The first-order valence-electron chi connectivity index (χ1n) is 4.71. The lowest BCUT2D eigenvalue weighted by Crippen LogP contribution is -2.07. The van der Waals surface area contributed by atoms with Crippen LogP contribution in [0, 0.1) is 0 Å². The van der Waals surface area contributed by atoms with Gasteiger partial charge in [-0.3, -0.25) is 0 Å². The topological polar surface area (TPSA) is 62.5 Å². The molecule has 2 N–H and O–H groups in total. The number of carbonyl (C=O) groups is 1. The number of rotatable bonds is 2. The largest absolute Gasteiger partial charge is 0.476 e. The van der Waals surface area contributed by atoms with Crippen molar-refractivity contribution in [2.75, 3.05) is 0 Å². The van der Waals surface area contributed by atoms with Crippen LogP contribution >= 0.6 is 0 Å². The molecule has 0 radical (unpaired) electrons. The van der Waals surface area contributed by atoms with E-state index in [9.17, 15) is 10.0 Å². The van der Waals surface area contributed by atoms with E-state index in [1.807, 2.05) is 19.1 Å². The molecule has 0 aliphatic rings. The van der Waals surface area contributed by atoms with Crippen LogP contribution in [0.2, 0.25) is 0 Å². The van der Waals surface area contributed by atoms with E-state index in [1.54, 1.807) is 12.1 Å². The third-order valence-corrected chi connectivity index (χ3v) is 2.51. The maximum Gasteiger partial charge on any atom is 0.356 e. The molecule has 1 aromatic heterocycles. The van der Waals surface area contributed by atoms with Crippen LogP contribution in [-0.4, -0.2) is 21.0 Å². The van der Waals surface area contributed by atoms with E-state index >= 15 is 0 Å². The van der Waals surface area contributed by atoms with E-state index in [0.29, 0.717) is 17.5 Å². The number of carboxylic acids is 1. The van der Waals surface area contributed by atoms with Crippen molar-refractivity contribution < 1.29 is 15.1 Å². The Labute approximate surface area is 86.3 Å². The summed E-state index contributed by atoms with van der Waals surface area (Å²) in [7, 11) is 0. The standard InChI is InChI=1S/C11H11NO3/c1-2-7-8-5-3-4-6-9(8)12(15)10(7)11(13)14/h3-6,15H,2H2,1H3,(H,13,14). The van der Waals surface area contributed by atoms with Gasteiger partial charge in [0.2, 0.25) is 0 Å². The molecule has 1 heterocycles. The average Bonchev–Trinajstić information content (AvgIpc) is 2.52. The lowest BCUT2D eigenvalue weighted by atomic mass is 10.1. The first kappa shape index (κ1) is 9.58. The summed E-state index contributed by atoms with van der Waals surface area (Å²) in [5, 5.41) is 19.5. The van der Waals surface area contributed by atoms with E-state index in [0.717, 1.165) is 10.1 Å². The van der Waals surface area contributed by atoms with Crippen LogP contribution in [0.15, 0.2) is 24.3 Å². The van der Waals surface area contributed by atoms with Crippen LogP contribution in [0.1, 0.15) is 23.0 Å². The maximum absolute atomic E-state index is 11.0. The molecule has 4 heteroatoms. The van der Waals surface area contributed by atoms with Crippen molar-refractivity contribution in [1.29, 1.82) is 0 Å². The predicted octanol–water partition coefficient (Wildman–Crippen LogP) is 2.14. The molecular formula is C11H11NO3. The van der Waals surface area contributed by atoms with Gasteiger partial charge >= 0.3 is 5.97 Å². The fourth-order valence-electron chi connectivity index (χ4n) is 1.87. The van der Waals surface area contributed by atoms with Crippen LogP contribution in [0.25, 0.3) is 10.9 Å². The van der Waals surface area contributed by atoms with Gasteiger partial charge in [0, 0.05) is 5.39 Å². The third-order valence-electron chi connectivity index (χ3n) is 2.51. The van der Waals surface area contributed by atoms with Crippen LogP contribution < -0.4 is 0 Å². The van der Waals surface area contributed by atoms with Crippen molar-refractivity contribution >= 4 is 16.9 Å². The molecular weight excluding hydrogens is 194 g/mol. The molecule has 4 nitrogen and oxygen atoms in total. The van der Waals surface area contributed by atoms with Crippen LogP contribution in [0.4, 0.5) is 0 Å². The highest BCUT2D eigenvalue weighted by Crippen LogP contribution is 2.25. The highest BCUT2D eigenvalue weighted by Gasteiger charge is 2.20. The Bertz CT molecular complexity index is 528. The van der Waals surface area contributed by atoms with Crippen molar-refractivity contribution in [3.8, 4) is 0 Å². The molecule has 0 aliphatic heterocycles. The van der Waals surface area contributed by atoms with Gasteiger partial charge in [-0.2, -0.15) is 4.73 Å². The van der Waals surface area contributed by atoms with E-state index in [4.69, 9.17) is 5.11 Å². The number of nitrogens with zero attached hydrogens (tertiary/aromatic N) is 1. The minimum absolute atomic E-state index is 0.0429. The first-order chi connectivity index (χ1) is 7.16. The van der Waals surface area contributed by atoms with Gasteiger partial charge in [0.05, 0.1) is 5.52 Å². The lowest BCUT2D eigenvalue weighted by molar-refractivity contribution is 0.0648. The molecule has 78 valence electrons. The number of carboxylic acid groups (broad SMARTS) is 1. The second kappa shape index (κ2) is 3.31. The number of para-hydroxylation sites is 1. The van der Waals surface area contributed by atoms with E-state index in [1.165, 1.54) is 0 Å². The number of hydrogen-bond acceptors (Lipinski definition) is 2. The Hall–Kier alpha value is -1.97. The molecule has 0 atom stereocenters. The molecule has 2 rings (SSSR count). The second-order valence-electron chi connectivity index (χ2n) is 3.31. The average molecular weight is 205 g/mol. The van der Waals surface area contributed by atoms with Gasteiger partial charge in [-0.15, -0.1) is 0 Å². The number of benzene rings is 1. The van der Waals surface area contributed by atoms with E-state index in [2.05, 4.69) is 0 Å².